The number of carbonyl (C=O) groups is 2. The maximum absolute atomic E-state index is 11.8. The Morgan fingerprint density at radius 2 is 1.95 bits per heavy atom. The molecular formula is C15H15ClN2O3. The Hall–Kier alpha value is -2.27. The van der Waals surface area contributed by atoms with E-state index in [9.17, 15) is 9.59 Å². The van der Waals surface area contributed by atoms with Gasteiger partial charge in [0.2, 0.25) is 5.91 Å². The fourth-order valence-electron chi connectivity index (χ4n) is 1.64. The Balaban J connectivity index is 1.90. The molecule has 2 N–H and O–H groups in total. The van der Waals surface area contributed by atoms with Crippen molar-refractivity contribution in [2.24, 2.45) is 0 Å². The quantitative estimate of drug-likeness (QED) is 0.834. The molecule has 1 unspecified atom stereocenters. The van der Waals surface area contributed by atoms with Crippen molar-refractivity contribution < 1.29 is 14.0 Å². The first-order valence-electron chi connectivity index (χ1n) is 6.42. The molecule has 6 heteroatoms. The molecule has 0 spiro atoms. The van der Waals surface area contributed by atoms with Crippen LogP contribution in [0.1, 0.15) is 23.0 Å². The molecule has 5 nitrogen and oxygen atoms in total. The molecule has 2 aromatic rings. The van der Waals surface area contributed by atoms with Gasteiger partial charge in [-0.25, -0.2) is 0 Å². The van der Waals surface area contributed by atoms with Crippen LogP contribution in [-0.4, -0.2) is 17.2 Å². The summed E-state index contributed by atoms with van der Waals surface area (Å²) in [4.78, 5) is 23.1. The van der Waals surface area contributed by atoms with Gasteiger partial charge in [0.05, 0.1) is 6.26 Å². The van der Waals surface area contributed by atoms with E-state index in [1.165, 1.54) is 6.26 Å². The first-order chi connectivity index (χ1) is 10.1. The van der Waals surface area contributed by atoms with Gasteiger partial charge in [0, 0.05) is 12.2 Å². The van der Waals surface area contributed by atoms with E-state index in [4.69, 9.17) is 16.0 Å². The summed E-state index contributed by atoms with van der Waals surface area (Å²) >= 11 is 5.66. The van der Waals surface area contributed by atoms with Crippen molar-refractivity contribution in [2.45, 2.75) is 18.8 Å². The third kappa shape index (κ3) is 4.36. The van der Waals surface area contributed by atoms with Crippen LogP contribution >= 0.6 is 11.6 Å². The summed E-state index contributed by atoms with van der Waals surface area (Å²) < 4.78 is 5.01. The van der Waals surface area contributed by atoms with E-state index >= 15 is 0 Å². The van der Waals surface area contributed by atoms with E-state index in [0.29, 0.717) is 12.2 Å². The van der Waals surface area contributed by atoms with Crippen molar-refractivity contribution in [3.63, 3.8) is 0 Å². The van der Waals surface area contributed by atoms with Crippen LogP contribution in [0.4, 0.5) is 5.69 Å². The van der Waals surface area contributed by atoms with E-state index in [-0.39, 0.29) is 17.6 Å². The average Bonchev–Trinajstić information content (AvgIpc) is 3.00. The molecule has 0 fully saturated rings. The Morgan fingerprint density at radius 1 is 1.24 bits per heavy atom. The number of anilines is 1. The lowest BCUT2D eigenvalue weighted by Crippen LogP contribution is -2.28. The highest BCUT2D eigenvalue weighted by Crippen LogP contribution is 2.12. The topological polar surface area (TPSA) is 71.3 Å². The van der Waals surface area contributed by atoms with Gasteiger partial charge in [0.25, 0.3) is 5.91 Å². The van der Waals surface area contributed by atoms with Crippen molar-refractivity contribution in [1.82, 2.24) is 5.32 Å². The number of hydrogen-bond acceptors (Lipinski definition) is 3. The third-order valence-electron chi connectivity index (χ3n) is 2.78. The number of furan rings is 1. The van der Waals surface area contributed by atoms with Gasteiger partial charge >= 0.3 is 0 Å². The standard InChI is InChI=1S/C15H15ClN2O3/c1-10(16)14(19)17-9-11-4-6-12(7-5-11)18-15(20)13-3-2-8-21-13/h2-8,10H,9H2,1H3,(H,17,19)(H,18,20). The zero-order valence-corrected chi connectivity index (χ0v) is 12.2. The predicted octanol–water partition coefficient (Wildman–Crippen LogP) is 2.78. The molecule has 21 heavy (non-hydrogen) atoms. The summed E-state index contributed by atoms with van der Waals surface area (Å²) in [6.45, 7) is 2.01. The van der Waals surface area contributed by atoms with Gasteiger partial charge < -0.3 is 15.1 Å². The van der Waals surface area contributed by atoms with Crippen molar-refractivity contribution in [1.29, 1.82) is 0 Å². The number of carbonyl (C=O) groups excluding carboxylic acids is 2. The summed E-state index contributed by atoms with van der Waals surface area (Å²) in [7, 11) is 0. The fourth-order valence-corrected chi connectivity index (χ4v) is 1.71. The van der Waals surface area contributed by atoms with Crippen LogP contribution in [0.15, 0.2) is 47.1 Å². The minimum absolute atomic E-state index is 0.216. The molecule has 110 valence electrons. The third-order valence-corrected chi connectivity index (χ3v) is 2.98. The smallest absolute Gasteiger partial charge is 0.291 e. The molecular weight excluding hydrogens is 292 g/mol. The molecule has 0 aliphatic heterocycles. The molecule has 0 bridgehead atoms. The van der Waals surface area contributed by atoms with E-state index in [1.807, 2.05) is 12.1 Å². The normalized spacial score (nSPS) is 11.7. The number of nitrogens with one attached hydrogen (secondary N) is 2. The van der Waals surface area contributed by atoms with Crippen LogP contribution in [0.5, 0.6) is 0 Å². The molecule has 2 amide bonds. The van der Waals surface area contributed by atoms with Crippen LogP contribution in [-0.2, 0) is 11.3 Å². The highest BCUT2D eigenvalue weighted by molar-refractivity contribution is 6.30. The van der Waals surface area contributed by atoms with Crippen LogP contribution in [0.2, 0.25) is 0 Å². The summed E-state index contributed by atoms with van der Waals surface area (Å²) in [6.07, 6.45) is 1.44. The Morgan fingerprint density at radius 3 is 2.52 bits per heavy atom. The first-order valence-corrected chi connectivity index (χ1v) is 6.85. The summed E-state index contributed by atoms with van der Waals surface area (Å²) in [5.74, 6) is -0.272. The highest BCUT2D eigenvalue weighted by atomic mass is 35.5. The minimum atomic E-state index is -0.558. The monoisotopic (exact) mass is 306 g/mol. The molecule has 1 aromatic heterocycles. The van der Waals surface area contributed by atoms with Crippen LogP contribution in [0, 0.1) is 0 Å². The molecule has 1 aromatic carbocycles. The van der Waals surface area contributed by atoms with Crippen LogP contribution in [0.3, 0.4) is 0 Å². The molecule has 0 aliphatic rings. The number of halogens is 1. The number of amides is 2. The van der Waals surface area contributed by atoms with E-state index in [2.05, 4.69) is 10.6 Å². The molecule has 0 aliphatic carbocycles. The summed E-state index contributed by atoms with van der Waals surface area (Å²) in [5.41, 5.74) is 1.56. The minimum Gasteiger partial charge on any atom is -0.459 e. The maximum atomic E-state index is 11.8. The molecule has 0 radical (unpaired) electrons. The number of rotatable bonds is 5. The molecule has 1 atom stereocenters. The average molecular weight is 307 g/mol. The van der Waals surface area contributed by atoms with Crippen molar-refractivity contribution >= 4 is 29.1 Å². The number of benzene rings is 1. The second kappa shape index (κ2) is 6.95. The zero-order chi connectivity index (χ0) is 15.2. The molecule has 2 rings (SSSR count). The SMILES string of the molecule is CC(Cl)C(=O)NCc1ccc(NC(=O)c2ccco2)cc1. The lowest BCUT2D eigenvalue weighted by atomic mass is 10.2. The largest absolute Gasteiger partial charge is 0.459 e. The van der Waals surface area contributed by atoms with E-state index in [0.717, 1.165) is 5.56 Å². The maximum Gasteiger partial charge on any atom is 0.291 e. The highest BCUT2D eigenvalue weighted by Gasteiger charge is 2.09. The lowest BCUT2D eigenvalue weighted by molar-refractivity contribution is -0.120. The van der Waals surface area contributed by atoms with Crippen LogP contribution < -0.4 is 10.6 Å². The van der Waals surface area contributed by atoms with Gasteiger partial charge in [-0.05, 0) is 36.8 Å². The van der Waals surface area contributed by atoms with Gasteiger partial charge in [-0.1, -0.05) is 12.1 Å². The fraction of sp³-hybridized carbons (Fsp3) is 0.200. The number of hydrogen-bond donors (Lipinski definition) is 2. The van der Waals surface area contributed by atoms with Crippen molar-refractivity contribution in [3.8, 4) is 0 Å². The second-order valence-electron chi connectivity index (χ2n) is 4.46. The van der Waals surface area contributed by atoms with Gasteiger partial charge in [0.15, 0.2) is 5.76 Å². The summed E-state index contributed by atoms with van der Waals surface area (Å²) in [6, 6.07) is 10.4. The first kappa shape index (κ1) is 15.1. The molecule has 1 heterocycles. The molecule has 0 saturated heterocycles. The van der Waals surface area contributed by atoms with Crippen molar-refractivity contribution in [3.05, 3.63) is 54.0 Å². The Labute approximate surface area is 127 Å². The lowest BCUT2D eigenvalue weighted by Gasteiger charge is -2.08. The predicted molar refractivity (Wildman–Crippen MR) is 80.3 cm³/mol. The Kier molecular flexibility index (Phi) is 5.00. The Bertz CT molecular complexity index is 606. The van der Waals surface area contributed by atoms with Gasteiger partial charge in [-0.15, -0.1) is 11.6 Å². The zero-order valence-electron chi connectivity index (χ0n) is 11.4. The molecule has 0 saturated carbocycles. The van der Waals surface area contributed by atoms with Gasteiger partial charge in [-0.3, -0.25) is 9.59 Å². The van der Waals surface area contributed by atoms with E-state index < -0.39 is 5.38 Å². The van der Waals surface area contributed by atoms with Crippen LogP contribution in [0.25, 0.3) is 0 Å². The van der Waals surface area contributed by atoms with Gasteiger partial charge in [-0.2, -0.15) is 0 Å². The second-order valence-corrected chi connectivity index (χ2v) is 5.12. The van der Waals surface area contributed by atoms with Crippen molar-refractivity contribution in [2.75, 3.05) is 5.32 Å². The van der Waals surface area contributed by atoms with E-state index in [1.54, 1.807) is 31.2 Å². The number of alkyl halides is 1. The van der Waals surface area contributed by atoms with Gasteiger partial charge in [0.1, 0.15) is 5.38 Å². The summed E-state index contributed by atoms with van der Waals surface area (Å²) in [5, 5.41) is 4.86.